The summed E-state index contributed by atoms with van der Waals surface area (Å²) >= 11 is 0. The molecule has 0 spiro atoms. The maximum Gasteiger partial charge on any atom is 0.180 e. The van der Waals surface area contributed by atoms with Crippen molar-refractivity contribution in [2.24, 2.45) is 4.99 Å². The molecule has 7 nitrogen and oxygen atoms in total. The van der Waals surface area contributed by atoms with Crippen LogP contribution in [0.1, 0.15) is 43.4 Å². The number of methoxy groups -OCH3 is 2. The molecule has 3 aromatic rings. The first-order valence-corrected chi connectivity index (χ1v) is 10.1. The van der Waals surface area contributed by atoms with Gasteiger partial charge in [0.1, 0.15) is 0 Å². The zero-order chi connectivity index (χ0) is 22.6. The molecular weight excluding hydrogens is 394 g/mol. The van der Waals surface area contributed by atoms with E-state index >= 15 is 0 Å². The molecule has 3 rings (SSSR count). The first-order valence-electron chi connectivity index (χ1n) is 10.1. The van der Waals surface area contributed by atoms with E-state index in [9.17, 15) is 10.4 Å². The van der Waals surface area contributed by atoms with Gasteiger partial charge in [0.2, 0.25) is 0 Å². The molecule has 1 atom stereocenters. The Bertz CT molecular complexity index is 1100. The van der Waals surface area contributed by atoms with Gasteiger partial charge in [0, 0.05) is 24.2 Å². The summed E-state index contributed by atoms with van der Waals surface area (Å²) < 4.78 is 12.7. The number of nitrogens with zero attached hydrogens (tertiary/aromatic N) is 3. The number of ether oxygens (including phenoxy) is 2. The average Bonchev–Trinajstić information content (AvgIpc) is 2.73. The molecule has 0 aliphatic rings. The van der Waals surface area contributed by atoms with Crippen LogP contribution >= 0.6 is 0 Å². The van der Waals surface area contributed by atoms with E-state index in [0.29, 0.717) is 23.4 Å². The van der Waals surface area contributed by atoms with Gasteiger partial charge in [0.25, 0.3) is 0 Å². The third kappa shape index (κ3) is 5.57. The lowest BCUT2D eigenvalue weighted by Gasteiger charge is -2.20. The number of pyridine rings is 2. The molecule has 0 aliphatic heterocycles. The van der Waals surface area contributed by atoms with Crippen molar-refractivity contribution in [1.29, 1.82) is 0 Å². The Morgan fingerprint density at radius 3 is 2.23 bits per heavy atom. The number of aromatic nitrogens is 2. The Morgan fingerprint density at radius 2 is 1.65 bits per heavy atom. The fourth-order valence-electron chi connectivity index (χ4n) is 3.45. The van der Waals surface area contributed by atoms with E-state index in [1.807, 2.05) is 51.1 Å². The van der Waals surface area contributed by atoms with Crippen molar-refractivity contribution in [3.8, 4) is 11.5 Å². The van der Waals surface area contributed by atoms with Gasteiger partial charge in [0.05, 0.1) is 19.8 Å². The van der Waals surface area contributed by atoms with Crippen molar-refractivity contribution in [2.45, 2.75) is 38.6 Å². The third-order valence-corrected chi connectivity index (χ3v) is 4.90. The predicted octanol–water partition coefficient (Wildman–Crippen LogP) is 3.45. The van der Waals surface area contributed by atoms with Crippen molar-refractivity contribution in [1.82, 2.24) is 4.73 Å². The largest absolute Gasteiger partial charge is 0.619 e. The predicted molar refractivity (Wildman–Crippen MR) is 117 cm³/mol. The molecule has 164 valence electrons. The summed E-state index contributed by atoms with van der Waals surface area (Å²) in [5.41, 5.74) is 3.07. The lowest BCUT2D eigenvalue weighted by Crippen LogP contribution is -2.25. The molecule has 1 N–H and O–H groups in total. The fraction of sp³-hybridized carbons (Fsp3) is 0.333. The zero-order valence-electron chi connectivity index (χ0n) is 18.6. The SMILES string of the molecule is COc1ccc(C(Cc2cc[n+]([O-])cc2)c2ccc(=NC(C)(C)C)n(O)c2)cc1OC. The van der Waals surface area contributed by atoms with E-state index in [4.69, 9.17) is 9.47 Å². The number of hydrogen-bond acceptors (Lipinski definition) is 5. The smallest absolute Gasteiger partial charge is 0.180 e. The summed E-state index contributed by atoms with van der Waals surface area (Å²) in [6.07, 6.45) is 5.28. The highest BCUT2D eigenvalue weighted by molar-refractivity contribution is 5.46. The molecule has 2 aromatic heterocycles. The van der Waals surface area contributed by atoms with Crippen molar-refractivity contribution < 1.29 is 19.4 Å². The van der Waals surface area contributed by atoms with Crippen LogP contribution in [0, 0.1) is 5.21 Å². The summed E-state index contributed by atoms with van der Waals surface area (Å²) in [5, 5.41) is 22.0. The Balaban J connectivity index is 2.09. The highest BCUT2D eigenvalue weighted by Crippen LogP contribution is 2.34. The van der Waals surface area contributed by atoms with Crippen LogP contribution in [0.2, 0.25) is 0 Å². The van der Waals surface area contributed by atoms with E-state index < -0.39 is 0 Å². The van der Waals surface area contributed by atoms with Crippen LogP contribution in [0.4, 0.5) is 0 Å². The maximum atomic E-state index is 11.4. The standard InChI is InChI=1S/C24H29N3O4/c1-24(2,3)25-23-9-7-19(16-27(23)29)20(14-17-10-12-26(28)13-11-17)18-6-8-21(30-4)22(15-18)31-5/h6-13,15-16,20,29H,14H2,1-5H3. The van der Waals surface area contributed by atoms with Crippen molar-refractivity contribution in [2.75, 3.05) is 14.2 Å². The van der Waals surface area contributed by atoms with Gasteiger partial charge in [-0.3, -0.25) is 4.99 Å². The van der Waals surface area contributed by atoms with Gasteiger partial charge >= 0.3 is 0 Å². The lowest BCUT2D eigenvalue weighted by molar-refractivity contribution is -0.605. The first-order chi connectivity index (χ1) is 14.7. The molecular formula is C24H29N3O4. The minimum absolute atomic E-state index is 0.0932. The van der Waals surface area contributed by atoms with Gasteiger partial charge in [-0.2, -0.15) is 9.46 Å². The van der Waals surface area contributed by atoms with Crippen LogP contribution in [-0.2, 0) is 6.42 Å². The lowest BCUT2D eigenvalue weighted by atomic mass is 9.87. The Morgan fingerprint density at radius 1 is 1.00 bits per heavy atom. The van der Waals surface area contributed by atoms with Gasteiger partial charge in [0.15, 0.2) is 29.4 Å². The molecule has 0 aliphatic carbocycles. The van der Waals surface area contributed by atoms with Gasteiger partial charge in [-0.25, -0.2) is 0 Å². The van der Waals surface area contributed by atoms with Gasteiger partial charge in [-0.1, -0.05) is 12.1 Å². The van der Waals surface area contributed by atoms with Crippen LogP contribution in [-0.4, -0.2) is 29.7 Å². The van der Waals surface area contributed by atoms with E-state index in [1.54, 1.807) is 32.5 Å². The molecule has 0 radical (unpaired) electrons. The Hall–Kier alpha value is -3.48. The summed E-state index contributed by atoms with van der Waals surface area (Å²) in [4.78, 5) is 4.55. The highest BCUT2D eigenvalue weighted by Gasteiger charge is 2.19. The maximum absolute atomic E-state index is 11.4. The minimum Gasteiger partial charge on any atom is -0.619 e. The number of rotatable bonds is 6. The number of benzene rings is 1. The quantitative estimate of drug-likeness (QED) is 0.374. The van der Waals surface area contributed by atoms with Gasteiger partial charge in [-0.15, -0.1) is 0 Å². The van der Waals surface area contributed by atoms with E-state index in [2.05, 4.69) is 4.99 Å². The molecule has 0 saturated heterocycles. The van der Waals surface area contributed by atoms with Crippen molar-refractivity contribution >= 4 is 0 Å². The Kier molecular flexibility index (Phi) is 6.53. The van der Waals surface area contributed by atoms with Crippen LogP contribution in [0.3, 0.4) is 0 Å². The molecule has 31 heavy (non-hydrogen) atoms. The van der Waals surface area contributed by atoms with Crippen LogP contribution < -0.4 is 19.7 Å². The first kappa shape index (κ1) is 22.2. The van der Waals surface area contributed by atoms with E-state index in [0.717, 1.165) is 26.2 Å². The van der Waals surface area contributed by atoms with Crippen molar-refractivity contribution in [3.63, 3.8) is 0 Å². The molecule has 0 saturated carbocycles. The van der Waals surface area contributed by atoms with Crippen molar-refractivity contribution in [3.05, 3.63) is 88.4 Å². The molecule has 0 amide bonds. The highest BCUT2D eigenvalue weighted by atomic mass is 16.5. The Labute approximate surface area is 182 Å². The molecule has 1 unspecified atom stereocenters. The zero-order valence-corrected chi connectivity index (χ0v) is 18.6. The normalized spacial score (nSPS) is 13.1. The van der Waals surface area contributed by atoms with Gasteiger partial charge < -0.3 is 19.9 Å². The topological polar surface area (TPSA) is 82.9 Å². The van der Waals surface area contributed by atoms with Crippen LogP contribution in [0.5, 0.6) is 11.5 Å². The fourth-order valence-corrected chi connectivity index (χ4v) is 3.45. The summed E-state index contributed by atoms with van der Waals surface area (Å²) in [7, 11) is 3.20. The van der Waals surface area contributed by atoms with Gasteiger partial charge in [-0.05, 0) is 62.1 Å². The summed E-state index contributed by atoms with van der Waals surface area (Å²) in [6, 6.07) is 13.2. The molecule has 1 aromatic carbocycles. The van der Waals surface area contributed by atoms with Crippen LogP contribution in [0.15, 0.2) is 66.0 Å². The summed E-state index contributed by atoms with van der Waals surface area (Å²) in [5.74, 6) is 1.18. The third-order valence-electron chi connectivity index (χ3n) is 4.90. The number of hydrogen-bond donors (Lipinski definition) is 1. The second kappa shape index (κ2) is 9.12. The monoisotopic (exact) mass is 423 g/mol. The average molecular weight is 424 g/mol. The van der Waals surface area contributed by atoms with E-state index in [1.165, 1.54) is 12.4 Å². The minimum atomic E-state index is -0.313. The second-order valence-corrected chi connectivity index (χ2v) is 8.39. The molecule has 2 heterocycles. The molecule has 0 fully saturated rings. The molecule has 7 heteroatoms. The van der Waals surface area contributed by atoms with E-state index in [-0.39, 0.29) is 11.5 Å². The second-order valence-electron chi connectivity index (χ2n) is 8.39. The summed E-state index contributed by atoms with van der Waals surface area (Å²) in [6.45, 7) is 5.93. The van der Waals surface area contributed by atoms with Crippen LogP contribution in [0.25, 0.3) is 0 Å². The molecule has 0 bridgehead atoms.